The molecule has 158 valence electrons. The molecule has 0 fully saturated rings. The molecule has 0 unspecified atom stereocenters. The van der Waals surface area contributed by atoms with Crippen LogP contribution in [0.15, 0.2) is 48.9 Å². The van der Waals surface area contributed by atoms with Gasteiger partial charge in [-0.15, -0.1) is 5.10 Å². The number of ether oxygens (including phenoxy) is 2. The van der Waals surface area contributed by atoms with E-state index in [-0.39, 0.29) is 11.8 Å². The lowest BCUT2D eigenvalue weighted by molar-refractivity contribution is 0.102. The molecule has 4 rings (SSSR count). The number of nitrogens with zero attached hydrogens (tertiary/aromatic N) is 6. The average Bonchev–Trinajstić information content (AvgIpc) is 3.30. The number of aromatic nitrogens is 6. The van der Waals surface area contributed by atoms with E-state index in [1.54, 1.807) is 48.3 Å². The molecule has 0 atom stereocenters. The quantitative estimate of drug-likeness (QED) is 0.511. The van der Waals surface area contributed by atoms with Crippen molar-refractivity contribution in [1.82, 2.24) is 29.5 Å². The number of aryl methyl sites for hydroxylation is 3. The fourth-order valence-corrected chi connectivity index (χ4v) is 3.06. The third-order valence-electron chi connectivity index (χ3n) is 4.42. The van der Waals surface area contributed by atoms with Crippen LogP contribution in [0.4, 0.5) is 5.69 Å². The van der Waals surface area contributed by atoms with E-state index in [0.29, 0.717) is 28.7 Å². The van der Waals surface area contributed by atoms with Gasteiger partial charge in [0.2, 0.25) is 11.8 Å². The highest BCUT2D eigenvalue weighted by Crippen LogP contribution is 2.24. The number of hydrogen-bond acceptors (Lipinski definition) is 7. The maximum absolute atomic E-state index is 12.5. The third-order valence-corrected chi connectivity index (χ3v) is 4.42. The van der Waals surface area contributed by atoms with Crippen molar-refractivity contribution in [1.29, 1.82) is 0 Å². The summed E-state index contributed by atoms with van der Waals surface area (Å²) in [6.07, 6.45) is 3.03. The molecule has 1 N–H and O–H groups in total. The van der Waals surface area contributed by atoms with E-state index in [1.807, 2.05) is 19.9 Å². The summed E-state index contributed by atoms with van der Waals surface area (Å²) in [5, 5.41) is 11.3. The van der Waals surface area contributed by atoms with Gasteiger partial charge in [0.15, 0.2) is 5.82 Å². The van der Waals surface area contributed by atoms with Crippen LogP contribution in [-0.2, 0) is 7.05 Å². The van der Waals surface area contributed by atoms with Crippen LogP contribution < -0.4 is 14.8 Å². The van der Waals surface area contributed by atoms with E-state index in [9.17, 15) is 4.79 Å². The second-order valence-electron chi connectivity index (χ2n) is 6.86. The minimum Gasteiger partial charge on any atom is -0.479 e. The van der Waals surface area contributed by atoms with E-state index in [4.69, 9.17) is 9.47 Å². The first kappa shape index (κ1) is 20.1. The Morgan fingerprint density at radius 2 is 1.84 bits per heavy atom. The fraction of sp³-hybridized carbons (Fsp3) is 0.190. The lowest BCUT2D eigenvalue weighted by atomic mass is 10.2. The minimum absolute atomic E-state index is 0.266. The van der Waals surface area contributed by atoms with Gasteiger partial charge in [-0.3, -0.25) is 9.48 Å². The van der Waals surface area contributed by atoms with E-state index in [2.05, 4.69) is 25.5 Å². The van der Waals surface area contributed by atoms with Crippen LogP contribution >= 0.6 is 0 Å². The summed E-state index contributed by atoms with van der Waals surface area (Å²) in [6, 6.07) is 10.6. The molecule has 1 aromatic carbocycles. The normalized spacial score (nSPS) is 10.7. The van der Waals surface area contributed by atoms with Crippen LogP contribution in [0.25, 0.3) is 5.82 Å². The number of hydrogen-bond donors (Lipinski definition) is 1. The molecule has 0 spiro atoms. The van der Waals surface area contributed by atoms with Gasteiger partial charge in [0.25, 0.3) is 5.91 Å². The highest BCUT2D eigenvalue weighted by Gasteiger charge is 2.16. The monoisotopic (exact) mass is 419 g/mol. The molecule has 4 aromatic rings. The van der Waals surface area contributed by atoms with Crippen LogP contribution in [0.1, 0.15) is 21.7 Å². The second-order valence-corrected chi connectivity index (χ2v) is 6.86. The maximum Gasteiger partial charge on any atom is 0.262 e. The molecule has 3 heterocycles. The number of methoxy groups -OCH3 is 1. The summed E-state index contributed by atoms with van der Waals surface area (Å²) in [7, 11) is 3.19. The lowest BCUT2D eigenvalue weighted by Gasteiger charge is -2.09. The first-order valence-electron chi connectivity index (χ1n) is 9.45. The molecule has 0 bridgehead atoms. The Balaban J connectivity index is 1.46. The first-order chi connectivity index (χ1) is 14.9. The van der Waals surface area contributed by atoms with Crippen molar-refractivity contribution >= 4 is 11.6 Å². The number of anilines is 1. The van der Waals surface area contributed by atoms with Crippen molar-refractivity contribution < 1.29 is 14.3 Å². The van der Waals surface area contributed by atoms with Crippen molar-refractivity contribution in [3.63, 3.8) is 0 Å². The van der Waals surface area contributed by atoms with E-state index >= 15 is 0 Å². The molecule has 1 amide bonds. The topological polar surface area (TPSA) is 109 Å². The van der Waals surface area contributed by atoms with Crippen molar-refractivity contribution in [3.8, 4) is 23.3 Å². The van der Waals surface area contributed by atoms with Crippen LogP contribution in [0.3, 0.4) is 0 Å². The van der Waals surface area contributed by atoms with Crippen molar-refractivity contribution in [2.24, 2.45) is 7.05 Å². The van der Waals surface area contributed by atoms with Crippen LogP contribution in [0, 0.1) is 13.8 Å². The Kier molecular flexibility index (Phi) is 5.35. The fourth-order valence-electron chi connectivity index (χ4n) is 3.06. The molecule has 0 saturated heterocycles. The molecule has 0 aliphatic heterocycles. The van der Waals surface area contributed by atoms with Gasteiger partial charge < -0.3 is 14.8 Å². The van der Waals surface area contributed by atoms with Gasteiger partial charge in [-0.1, -0.05) is 0 Å². The van der Waals surface area contributed by atoms with Gasteiger partial charge in [-0.05, 0) is 44.2 Å². The van der Waals surface area contributed by atoms with Crippen LogP contribution in [0.5, 0.6) is 17.5 Å². The number of amides is 1. The molecule has 10 nitrogen and oxygen atoms in total. The second kappa shape index (κ2) is 8.27. The van der Waals surface area contributed by atoms with E-state index in [0.717, 1.165) is 11.4 Å². The summed E-state index contributed by atoms with van der Waals surface area (Å²) in [5.41, 5.74) is 2.82. The summed E-state index contributed by atoms with van der Waals surface area (Å²) in [5.74, 6) is 1.51. The molecular weight excluding hydrogens is 398 g/mol. The number of carbonyl (C=O) groups is 1. The number of rotatable bonds is 6. The zero-order chi connectivity index (χ0) is 22.0. The zero-order valence-electron chi connectivity index (χ0n) is 17.5. The van der Waals surface area contributed by atoms with Gasteiger partial charge in [0.05, 0.1) is 12.8 Å². The molecule has 31 heavy (non-hydrogen) atoms. The summed E-state index contributed by atoms with van der Waals surface area (Å²) < 4.78 is 14.2. The smallest absolute Gasteiger partial charge is 0.262 e. The third kappa shape index (κ3) is 4.37. The van der Waals surface area contributed by atoms with Gasteiger partial charge >= 0.3 is 0 Å². The summed E-state index contributed by atoms with van der Waals surface area (Å²) in [4.78, 5) is 20.9. The number of nitrogens with one attached hydrogen (secondary N) is 1. The molecule has 0 aliphatic rings. The first-order valence-corrected chi connectivity index (χ1v) is 9.45. The molecular formula is C21H21N7O3. The maximum atomic E-state index is 12.5. The Morgan fingerprint density at radius 1 is 1.06 bits per heavy atom. The largest absolute Gasteiger partial charge is 0.479 e. The van der Waals surface area contributed by atoms with E-state index < -0.39 is 0 Å². The predicted molar refractivity (Wildman–Crippen MR) is 113 cm³/mol. The van der Waals surface area contributed by atoms with Gasteiger partial charge in [-0.2, -0.15) is 5.10 Å². The summed E-state index contributed by atoms with van der Waals surface area (Å²) in [6.45, 7) is 3.88. The molecule has 0 radical (unpaired) electrons. The Hall–Kier alpha value is -4.21. The molecule has 10 heteroatoms. The summed E-state index contributed by atoms with van der Waals surface area (Å²) >= 11 is 0. The Labute approximate surface area is 178 Å². The van der Waals surface area contributed by atoms with Crippen molar-refractivity contribution in [2.45, 2.75) is 13.8 Å². The van der Waals surface area contributed by atoms with E-state index in [1.165, 1.54) is 18.1 Å². The predicted octanol–water partition coefficient (Wildman–Crippen LogP) is 3.07. The van der Waals surface area contributed by atoms with Gasteiger partial charge in [-0.25, -0.2) is 14.6 Å². The number of benzene rings is 1. The molecule has 0 aliphatic carbocycles. The van der Waals surface area contributed by atoms with Crippen LogP contribution in [0.2, 0.25) is 0 Å². The van der Waals surface area contributed by atoms with Gasteiger partial charge in [0, 0.05) is 30.7 Å². The average molecular weight is 419 g/mol. The highest BCUT2D eigenvalue weighted by molar-refractivity contribution is 6.05. The minimum atomic E-state index is -0.316. The Morgan fingerprint density at radius 3 is 2.52 bits per heavy atom. The highest BCUT2D eigenvalue weighted by atomic mass is 16.5. The number of carbonyl (C=O) groups excluding carboxylic acids is 1. The van der Waals surface area contributed by atoms with Gasteiger partial charge in [0.1, 0.15) is 17.6 Å². The van der Waals surface area contributed by atoms with Crippen LogP contribution in [-0.4, -0.2) is 42.5 Å². The van der Waals surface area contributed by atoms with Crippen molar-refractivity contribution in [2.75, 3.05) is 12.4 Å². The SMILES string of the molecule is COc1nn(C)cc1C(=O)Nc1ccc(Oc2cc(-n3nc(C)cc3C)ncn2)cc1. The van der Waals surface area contributed by atoms with Crippen molar-refractivity contribution in [3.05, 3.63) is 65.9 Å². The molecule has 3 aromatic heterocycles. The lowest BCUT2D eigenvalue weighted by Crippen LogP contribution is -2.12. The Bertz CT molecular complexity index is 1230. The zero-order valence-corrected chi connectivity index (χ0v) is 17.5. The molecule has 0 saturated carbocycles. The standard InChI is InChI=1S/C21H21N7O3/c1-13-9-14(2)28(25-13)18-10-19(23-12-22-18)31-16-7-5-15(6-8-16)24-20(29)17-11-27(3)26-21(17)30-4/h5-12H,1-4H3,(H,24,29).